The summed E-state index contributed by atoms with van der Waals surface area (Å²) in [6, 6.07) is 10.7. The summed E-state index contributed by atoms with van der Waals surface area (Å²) in [5.74, 6) is 0.760. The monoisotopic (exact) mass is 684 g/mol. The molecule has 2 aliphatic heterocycles. The smallest absolute Gasteiger partial charge is 0.147 e. The van der Waals surface area contributed by atoms with Gasteiger partial charge in [-0.1, -0.05) is 45.4 Å². The van der Waals surface area contributed by atoms with Crippen molar-refractivity contribution in [3.05, 3.63) is 64.2 Å². The van der Waals surface area contributed by atoms with Gasteiger partial charge in [0, 0.05) is 45.5 Å². The number of ether oxygens (including phenoxy) is 5. The quantitative estimate of drug-likeness (QED) is 0.108. The lowest BCUT2D eigenvalue weighted by molar-refractivity contribution is 0.202. The van der Waals surface area contributed by atoms with Crippen molar-refractivity contribution in [1.29, 1.82) is 0 Å². The third-order valence-corrected chi connectivity index (χ3v) is 9.37. The molecule has 3 aromatic rings. The molecule has 9 nitrogen and oxygen atoms in total. The Hall–Kier alpha value is -3.76. The fraction of sp³-hybridized carbons (Fsp3) is 0.512. The molecule has 0 fully saturated rings. The van der Waals surface area contributed by atoms with E-state index in [2.05, 4.69) is 59.4 Å². The van der Waals surface area contributed by atoms with Gasteiger partial charge in [0.2, 0.25) is 0 Å². The van der Waals surface area contributed by atoms with Crippen LogP contribution in [0, 0.1) is 0 Å². The molecule has 0 radical (unpaired) electrons. The molecule has 270 valence electrons. The van der Waals surface area contributed by atoms with Crippen LogP contribution in [0.4, 0.5) is 0 Å². The molecule has 0 aliphatic carbocycles. The van der Waals surface area contributed by atoms with Crippen molar-refractivity contribution in [1.82, 2.24) is 19.9 Å². The van der Waals surface area contributed by atoms with Gasteiger partial charge in [-0.2, -0.15) is 0 Å². The maximum Gasteiger partial charge on any atom is 0.147 e. The third kappa shape index (κ3) is 9.94. The highest BCUT2D eigenvalue weighted by Gasteiger charge is 2.19. The number of fused-ring (bicyclic) bond motifs is 10. The lowest BCUT2D eigenvalue weighted by atomic mass is 10.1. The van der Waals surface area contributed by atoms with Gasteiger partial charge in [-0.05, 0) is 90.8 Å². The summed E-state index contributed by atoms with van der Waals surface area (Å²) in [5.41, 5.74) is 12.0. The predicted octanol–water partition coefficient (Wildman–Crippen LogP) is 8.98. The van der Waals surface area contributed by atoms with E-state index < -0.39 is 0 Å². The van der Waals surface area contributed by atoms with Crippen molar-refractivity contribution in [2.45, 2.75) is 77.6 Å². The van der Waals surface area contributed by atoms with Crippen molar-refractivity contribution in [3.8, 4) is 5.75 Å². The van der Waals surface area contributed by atoms with Crippen LogP contribution in [0.25, 0.3) is 45.4 Å². The number of rotatable bonds is 21. The van der Waals surface area contributed by atoms with Gasteiger partial charge in [0.15, 0.2) is 0 Å². The summed E-state index contributed by atoms with van der Waals surface area (Å²) in [4.78, 5) is 17.8. The number of unbranched alkanes of at least 4 members (excludes halogenated alkanes) is 6. The topological polar surface area (TPSA) is 104 Å². The second-order valence-corrected chi connectivity index (χ2v) is 13.1. The first kappa shape index (κ1) is 37.5. The molecule has 0 saturated heterocycles. The molecule has 5 rings (SSSR count). The number of nitrogens with zero attached hydrogens (tertiary/aromatic N) is 2. The number of aromatic nitrogens is 4. The summed E-state index contributed by atoms with van der Waals surface area (Å²) in [6.07, 6.45) is 15.9. The van der Waals surface area contributed by atoms with E-state index in [9.17, 15) is 0 Å². The number of methoxy groups -OCH3 is 4. The summed E-state index contributed by atoms with van der Waals surface area (Å²) >= 11 is 0. The van der Waals surface area contributed by atoms with E-state index in [1.54, 1.807) is 28.4 Å². The second-order valence-electron chi connectivity index (χ2n) is 13.1. The van der Waals surface area contributed by atoms with Crippen LogP contribution in [0.3, 0.4) is 0 Å². The Bertz CT molecular complexity index is 1770. The molecule has 5 heterocycles. The van der Waals surface area contributed by atoms with Crippen LogP contribution in [0.2, 0.25) is 0 Å². The zero-order chi connectivity index (χ0) is 35.1. The minimum absolute atomic E-state index is 0.586. The fourth-order valence-electron chi connectivity index (χ4n) is 6.51. The van der Waals surface area contributed by atoms with E-state index in [1.165, 1.54) is 32.1 Å². The molecular formula is C41H56N4O5. The summed E-state index contributed by atoms with van der Waals surface area (Å²) in [7, 11) is 6.95. The van der Waals surface area contributed by atoms with Crippen molar-refractivity contribution >= 4 is 45.4 Å². The van der Waals surface area contributed by atoms with Crippen molar-refractivity contribution < 1.29 is 23.7 Å². The van der Waals surface area contributed by atoms with Gasteiger partial charge in [-0.25, -0.2) is 9.97 Å². The van der Waals surface area contributed by atoms with Crippen LogP contribution in [0.1, 0.15) is 98.6 Å². The highest BCUT2D eigenvalue weighted by Crippen LogP contribution is 2.35. The molecular weight excluding hydrogens is 628 g/mol. The van der Waals surface area contributed by atoms with Crippen LogP contribution in [0.15, 0.2) is 30.3 Å². The van der Waals surface area contributed by atoms with Gasteiger partial charge in [-0.15, -0.1) is 0 Å². The van der Waals surface area contributed by atoms with Crippen LogP contribution in [0.5, 0.6) is 5.75 Å². The lowest BCUT2D eigenvalue weighted by Crippen LogP contribution is -2.01. The average molecular weight is 685 g/mol. The Morgan fingerprint density at radius 3 is 1.78 bits per heavy atom. The van der Waals surface area contributed by atoms with Crippen LogP contribution >= 0.6 is 0 Å². The number of hydrogen-bond donors (Lipinski definition) is 2. The minimum atomic E-state index is 0.586. The fourth-order valence-corrected chi connectivity index (χ4v) is 6.51. The van der Waals surface area contributed by atoms with E-state index in [0.717, 1.165) is 111 Å². The van der Waals surface area contributed by atoms with Crippen LogP contribution in [-0.2, 0) is 31.8 Å². The van der Waals surface area contributed by atoms with E-state index in [1.807, 2.05) is 0 Å². The minimum Gasteiger partial charge on any atom is -0.491 e. The van der Waals surface area contributed by atoms with Gasteiger partial charge in [-0.3, -0.25) is 0 Å². The zero-order valence-electron chi connectivity index (χ0n) is 30.8. The van der Waals surface area contributed by atoms with Crippen LogP contribution in [-0.4, -0.2) is 81.4 Å². The summed E-state index contributed by atoms with van der Waals surface area (Å²) in [5, 5.41) is 0. The Morgan fingerprint density at radius 2 is 1.10 bits per heavy atom. The first-order valence-electron chi connectivity index (χ1n) is 18.3. The summed E-state index contributed by atoms with van der Waals surface area (Å²) < 4.78 is 28.7. The molecule has 3 aromatic heterocycles. The predicted molar refractivity (Wildman–Crippen MR) is 204 cm³/mol. The maximum absolute atomic E-state index is 6.70. The standard InChI is InChI=1S/C41H56N4O5/c1-6-7-8-9-10-11-12-19-50-40-28-35-31(17-22-48-4)26-37(44-35)36-24-29(15-20-46-2)33(42-36)13-14-34-30(16-21-47-3)25-38(43-34)39-27-32(18-23-49-5)41(40)45-39/h13-14,24-28,43-44H,6-12,15-23H2,1-5H3. The van der Waals surface area contributed by atoms with Gasteiger partial charge in [0.1, 0.15) is 11.4 Å². The first-order chi connectivity index (χ1) is 24.6. The largest absolute Gasteiger partial charge is 0.491 e. The molecule has 0 atom stereocenters. The Kier molecular flexibility index (Phi) is 14.7. The van der Waals surface area contributed by atoms with E-state index in [4.69, 9.17) is 33.7 Å². The zero-order valence-corrected chi connectivity index (χ0v) is 30.8. The molecule has 8 bridgehead atoms. The molecule has 9 heteroatoms. The maximum atomic E-state index is 6.70. The van der Waals surface area contributed by atoms with Crippen molar-refractivity contribution in [3.63, 3.8) is 0 Å². The molecule has 0 aromatic carbocycles. The van der Waals surface area contributed by atoms with Crippen LogP contribution < -0.4 is 4.74 Å². The molecule has 0 amide bonds. The Balaban J connectivity index is 1.71. The third-order valence-electron chi connectivity index (χ3n) is 9.37. The highest BCUT2D eigenvalue weighted by molar-refractivity contribution is 5.91. The van der Waals surface area contributed by atoms with E-state index in [0.29, 0.717) is 33.0 Å². The van der Waals surface area contributed by atoms with Gasteiger partial charge >= 0.3 is 0 Å². The average Bonchev–Trinajstić information content (AvgIpc) is 3.92. The summed E-state index contributed by atoms with van der Waals surface area (Å²) in [6.45, 7) is 5.31. The molecule has 2 N–H and O–H groups in total. The Morgan fingerprint density at radius 1 is 0.540 bits per heavy atom. The van der Waals surface area contributed by atoms with Crippen molar-refractivity contribution in [2.24, 2.45) is 0 Å². The Labute approximate surface area is 297 Å². The van der Waals surface area contributed by atoms with E-state index >= 15 is 0 Å². The lowest BCUT2D eigenvalue weighted by Gasteiger charge is -2.10. The van der Waals surface area contributed by atoms with Gasteiger partial charge in [0.05, 0.1) is 61.1 Å². The van der Waals surface area contributed by atoms with E-state index in [-0.39, 0.29) is 0 Å². The number of hydrogen-bond acceptors (Lipinski definition) is 7. The number of nitrogens with one attached hydrogen (secondary N) is 2. The highest BCUT2D eigenvalue weighted by atomic mass is 16.5. The molecule has 2 aliphatic rings. The first-order valence-corrected chi connectivity index (χ1v) is 18.3. The molecule has 0 spiro atoms. The van der Waals surface area contributed by atoms with Gasteiger partial charge < -0.3 is 33.7 Å². The molecule has 50 heavy (non-hydrogen) atoms. The second kappa shape index (κ2) is 19.6. The SMILES string of the molecule is CCCCCCCCCOc1cc2[nH]c(cc2CCOC)c2nc(ccc3[nH]c(cc3CCOC)c3nc1C(CCOC)=C3)C(CCOC)=C2. The normalized spacial score (nSPS) is 12.7. The van der Waals surface area contributed by atoms with Gasteiger partial charge in [0.25, 0.3) is 0 Å². The molecule has 0 unspecified atom stereocenters. The number of H-pyrrole nitrogens is 2. The molecule has 0 saturated carbocycles. The van der Waals surface area contributed by atoms with Crippen molar-refractivity contribution in [2.75, 3.05) is 61.5 Å². The number of aromatic amines is 2.